The molecule has 66 heavy (non-hydrogen) atoms. The Morgan fingerprint density at radius 3 is 1.71 bits per heavy atom. The summed E-state index contributed by atoms with van der Waals surface area (Å²) in [7, 11) is 0. The van der Waals surface area contributed by atoms with E-state index in [1.54, 1.807) is 0 Å². The van der Waals surface area contributed by atoms with E-state index >= 15 is 0 Å². The minimum absolute atomic E-state index is 0.165. The number of para-hydroxylation sites is 2. The molecule has 310 valence electrons. The summed E-state index contributed by atoms with van der Waals surface area (Å²) in [6, 6.07) is 71.2. The van der Waals surface area contributed by atoms with Gasteiger partial charge in [-0.05, 0) is 88.0 Å². The number of furan rings is 1. The van der Waals surface area contributed by atoms with Crippen LogP contribution >= 0.6 is 0 Å². The van der Waals surface area contributed by atoms with E-state index in [4.69, 9.17) is 19.4 Å². The van der Waals surface area contributed by atoms with Crippen LogP contribution in [0.25, 0.3) is 122 Å². The van der Waals surface area contributed by atoms with Crippen LogP contribution in [0, 0.1) is 0 Å². The lowest BCUT2D eigenvalue weighted by molar-refractivity contribution is 0.660. The molecule has 0 saturated heterocycles. The largest absolute Gasteiger partial charge is 0.456 e. The Morgan fingerprint density at radius 1 is 0.379 bits per heavy atom. The minimum atomic E-state index is -0.165. The van der Waals surface area contributed by atoms with Gasteiger partial charge < -0.3 is 8.98 Å². The van der Waals surface area contributed by atoms with Gasteiger partial charge >= 0.3 is 0 Å². The minimum Gasteiger partial charge on any atom is -0.456 e. The van der Waals surface area contributed by atoms with Crippen LogP contribution in [-0.2, 0) is 5.41 Å². The Balaban J connectivity index is 1.02. The van der Waals surface area contributed by atoms with Crippen molar-refractivity contribution in [3.63, 3.8) is 0 Å². The molecule has 0 saturated carbocycles. The van der Waals surface area contributed by atoms with Gasteiger partial charge in [0.05, 0.1) is 22.1 Å². The van der Waals surface area contributed by atoms with Crippen molar-refractivity contribution < 1.29 is 4.42 Å². The van der Waals surface area contributed by atoms with Crippen molar-refractivity contribution in [2.75, 3.05) is 0 Å². The highest BCUT2D eigenvalue weighted by atomic mass is 16.3. The highest BCUT2D eigenvalue weighted by molar-refractivity contribution is 6.19. The van der Waals surface area contributed by atoms with E-state index in [9.17, 15) is 0 Å². The van der Waals surface area contributed by atoms with Gasteiger partial charge in [0, 0.05) is 54.5 Å². The predicted octanol–water partition coefficient (Wildman–Crippen LogP) is 15.3. The summed E-state index contributed by atoms with van der Waals surface area (Å²) >= 11 is 0. The molecule has 13 aromatic rings. The monoisotopic (exact) mass is 845 g/mol. The SMILES string of the molecule is CC1(C)c2ccccc2-c2c(-c3nc(-c4ccccc4)nc(-n4c5ccccc5c5cc6c(cc54)c4ccccc4n6-c4ccc5oc6ccc(-c7ccccc7)cc6c5c4)n3)cccc21. The molecule has 0 unspecified atom stereocenters. The van der Waals surface area contributed by atoms with Crippen molar-refractivity contribution in [3.8, 4) is 56.7 Å². The number of hydrogen-bond acceptors (Lipinski definition) is 4. The smallest absolute Gasteiger partial charge is 0.238 e. The molecule has 0 amide bonds. The van der Waals surface area contributed by atoms with Gasteiger partial charge in [-0.1, -0.05) is 159 Å². The standard InChI is InChI=1S/C60H39N5O/c1-60(2)48-24-12-9-22-42(48)56-43(23-15-25-49(56)60)58-61-57(37-18-7-4-8-19-37)62-59(63-58)65-51-27-14-11-21-41(51)45-34-52-44(35-53(45)65)40-20-10-13-26-50(40)64(52)39-29-31-55-47(33-39)46-32-38(28-30-54(46)66-55)36-16-5-3-6-17-36/h3-35H,1-2H3. The Bertz CT molecular complexity index is 4140. The normalized spacial score (nSPS) is 13.1. The van der Waals surface area contributed by atoms with Gasteiger partial charge in [0.2, 0.25) is 5.95 Å². The van der Waals surface area contributed by atoms with Crippen LogP contribution in [0.15, 0.2) is 205 Å². The van der Waals surface area contributed by atoms with Gasteiger partial charge in [0.15, 0.2) is 11.6 Å². The van der Waals surface area contributed by atoms with Crippen LogP contribution in [0.5, 0.6) is 0 Å². The maximum atomic E-state index is 6.43. The summed E-state index contributed by atoms with van der Waals surface area (Å²) in [5.41, 5.74) is 16.2. The first-order valence-electron chi connectivity index (χ1n) is 22.5. The van der Waals surface area contributed by atoms with Crippen LogP contribution in [0.2, 0.25) is 0 Å². The summed E-state index contributed by atoms with van der Waals surface area (Å²) < 4.78 is 11.1. The third kappa shape index (κ3) is 5.27. The van der Waals surface area contributed by atoms with Crippen molar-refractivity contribution in [3.05, 3.63) is 211 Å². The van der Waals surface area contributed by atoms with Gasteiger partial charge in [-0.3, -0.25) is 4.57 Å². The van der Waals surface area contributed by atoms with E-state index in [1.165, 1.54) is 27.8 Å². The van der Waals surface area contributed by atoms with E-state index in [-0.39, 0.29) is 5.41 Å². The molecule has 0 spiro atoms. The summed E-state index contributed by atoms with van der Waals surface area (Å²) in [6.07, 6.45) is 0. The predicted molar refractivity (Wildman–Crippen MR) is 270 cm³/mol. The zero-order chi connectivity index (χ0) is 43.7. The van der Waals surface area contributed by atoms with Crippen LogP contribution < -0.4 is 0 Å². The summed E-state index contributed by atoms with van der Waals surface area (Å²) in [6.45, 7) is 4.62. The zero-order valence-corrected chi connectivity index (χ0v) is 36.2. The second-order valence-electron chi connectivity index (χ2n) is 18.0. The van der Waals surface area contributed by atoms with E-state index in [2.05, 4.69) is 205 Å². The van der Waals surface area contributed by atoms with Crippen molar-refractivity contribution in [1.29, 1.82) is 0 Å². The molecule has 9 aromatic carbocycles. The fourth-order valence-corrected chi connectivity index (χ4v) is 10.9. The molecule has 6 nitrogen and oxygen atoms in total. The Kier molecular flexibility index (Phi) is 7.64. The Labute approximate surface area is 379 Å². The van der Waals surface area contributed by atoms with Gasteiger partial charge in [-0.25, -0.2) is 4.98 Å². The van der Waals surface area contributed by atoms with Crippen molar-refractivity contribution in [2.45, 2.75) is 19.3 Å². The molecular weight excluding hydrogens is 807 g/mol. The lowest BCUT2D eigenvalue weighted by Gasteiger charge is -2.21. The quantitative estimate of drug-likeness (QED) is 0.173. The lowest BCUT2D eigenvalue weighted by Crippen LogP contribution is -2.14. The third-order valence-electron chi connectivity index (χ3n) is 14.0. The van der Waals surface area contributed by atoms with Crippen LogP contribution in [0.4, 0.5) is 0 Å². The second kappa shape index (κ2) is 13.7. The topological polar surface area (TPSA) is 61.7 Å². The van der Waals surface area contributed by atoms with E-state index in [0.29, 0.717) is 17.6 Å². The van der Waals surface area contributed by atoms with Crippen molar-refractivity contribution in [2.24, 2.45) is 0 Å². The van der Waals surface area contributed by atoms with Crippen molar-refractivity contribution >= 4 is 65.6 Å². The maximum Gasteiger partial charge on any atom is 0.238 e. The highest BCUT2D eigenvalue weighted by Crippen LogP contribution is 2.52. The van der Waals surface area contributed by atoms with E-state index in [0.717, 1.165) is 87.9 Å². The molecule has 6 heteroatoms. The molecule has 0 atom stereocenters. The number of aromatic nitrogens is 5. The summed E-state index contributed by atoms with van der Waals surface area (Å²) in [4.78, 5) is 16.1. The second-order valence-corrected chi connectivity index (χ2v) is 18.0. The summed E-state index contributed by atoms with van der Waals surface area (Å²) in [5, 5.41) is 6.72. The average Bonchev–Trinajstić information content (AvgIpc) is 4.08. The van der Waals surface area contributed by atoms with Gasteiger partial charge in [-0.2, -0.15) is 9.97 Å². The fourth-order valence-electron chi connectivity index (χ4n) is 10.9. The fraction of sp³-hybridized carbons (Fsp3) is 0.0500. The van der Waals surface area contributed by atoms with Crippen LogP contribution in [0.3, 0.4) is 0 Å². The molecule has 14 rings (SSSR count). The molecule has 1 aliphatic rings. The molecule has 1 aliphatic carbocycles. The first kappa shape index (κ1) is 36.8. The lowest BCUT2D eigenvalue weighted by atomic mass is 9.82. The Morgan fingerprint density at radius 2 is 0.955 bits per heavy atom. The molecule has 0 N–H and O–H groups in total. The van der Waals surface area contributed by atoms with E-state index in [1.807, 2.05) is 18.2 Å². The average molecular weight is 846 g/mol. The first-order valence-corrected chi connectivity index (χ1v) is 22.5. The number of benzene rings is 9. The number of fused-ring (bicyclic) bond motifs is 12. The van der Waals surface area contributed by atoms with Crippen molar-refractivity contribution in [1.82, 2.24) is 24.1 Å². The first-order chi connectivity index (χ1) is 32.5. The molecule has 0 radical (unpaired) electrons. The molecule has 0 bridgehead atoms. The van der Waals surface area contributed by atoms with Gasteiger partial charge in [0.1, 0.15) is 11.2 Å². The molecule has 0 fully saturated rings. The van der Waals surface area contributed by atoms with Gasteiger partial charge in [-0.15, -0.1) is 0 Å². The molecular formula is C60H39N5O. The van der Waals surface area contributed by atoms with Gasteiger partial charge in [0.25, 0.3) is 0 Å². The zero-order valence-electron chi connectivity index (χ0n) is 36.2. The number of hydrogen-bond donors (Lipinski definition) is 0. The third-order valence-corrected chi connectivity index (χ3v) is 14.0. The molecule has 4 aromatic heterocycles. The van der Waals surface area contributed by atoms with Crippen LogP contribution in [-0.4, -0.2) is 24.1 Å². The summed E-state index contributed by atoms with van der Waals surface area (Å²) in [5.74, 6) is 1.84. The Hall–Kier alpha value is -8.61. The van der Waals surface area contributed by atoms with Crippen LogP contribution in [0.1, 0.15) is 25.0 Å². The number of nitrogens with zero attached hydrogens (tertiary/aromatic N) is 5. The van der Waals surface area contributed by atoms with E-state index < -0.39 is 0 Å². The molecule has 4 heterocycles. The molecule has 0 aliphatic heterocycles. The number of rotatable bonds is 5. The maximum absolute atomic E-state index is 6.43. The highest BCUT2D eigenvalue weighted by Gasteiger charge is 2.37.